The summed E-state index contributed by atoms with van der Waals surface area (Å²) < 4.78 is 48.6. The van der Waals surface area contributed by atoms with Gasteiger partial charge < -0.3 is 14.5 Å². The molecule has 0 bridgehead atoms. The number of halogens is 4. The van der Waals surface area contributed by atoms with Gasteiger partial charge in [-0.2, -0.15) is 0 Å². The Bertz CT molecular complexity index is 1340. The van der Waals surface area contributed by atoms with E-state index in [9.17, 15) is 22.8 Å². The lowest BCUT2D eigenvalue weighted by molar-refractivity contribution is 0.0664. The van der Waals surface area contributed by atoms with Crippen LogP contribution in [0.2, 0.25) is 0 Å². The fraction of sp³-hybridized carbons (Fsp3) is 0.280. The first-order valence-electron chi connectivity index (χ1n) is 10.9. The Kier molecular flexibility index (Phi) is 7.32. The predicted octanol–water partition coefficient (Wildman–Crippen LogP) is 4.29. The number of hydrogen-bond donors (Lipinski definition) is 0. The summed E-state index contributed by atoms with van der Waals surface area (Å²) in [5.74, 6) is -2.25. The van der Waals surface area contributed by atoms with Crippen LogP contribution in [0.5, 0.6) is 5.75 Å². The van der Waals surface area contributed by atoms with Gasteiger partial charge in [-0.3, -0.25) is 14.2 Å². The van der Waals surface area contributed by atoms with Crippen LogP contribution in [0.3, 0.4) is 0 Å². The van der Waals surface area contributed by atoms with E-state index in [1.807, 2.05) is 7.05 Å². The molecule has 0 spiro atoms. The SMILES string of the molecule is Cc1cc(OCc2ccc(F)cc2F)c(Br)c(=O)n1-c1cc(C(=O)N2CCN(C)CC2)ccc1F. The molecule has 35 heavy (non-hydrogen) atoms. The molecule has 1 amide bonds. The van der Waals surface area contributed by atoms with Crippen LogP contribution in [0.25, 0.3) is 5.69 Å². The lowest BCUT2D eigenvalue weighted by Crippen LogP contribution is -2.47. The van der Waals surface area contributed by atoms with Gasteiger partial charge >= 0.3 is 0 Å². The van der Waals surface area contributed by atoms with Gasteiger partial charge in [0.15, 0.2) is 0 Å². The van der Waals surface area contributed by atoms with Crippen molar-refractivity contribution in [3.63, 3.8) is 0 Å². The highest BCUT2D eigenvalue weighted by Crippen LogP contribution is 2.27. The number of rotatable bonds is 5. The van der Waals surface area contributed by atoms with Crippen LogP contribution in [-0.4, -0.2) is 53.5 Å². The molecule has 3 aromatic rings. The zero-order valence-corrected chi connectivity index (χ0v) is 20.7. The minimum Gasteiger partial charge on any atom is -0.487 e. The molecule has 10 heteroatoms. The Balaban J connectivity index is 1.63. The van der Waals surface area contributed by atoms with E-state index in [-0.39, 0.29) is 39.6 Å². The first-order chi connectivity index (χ1) is 16.7. The molecular formula is C25H23BrF3N3O3. The van der Waals surface area contributed by atoms with Crippen molar-refractivity contribution in [1.29, 1.82) is 0 Å². The molecular weight excluding hydrogens is 527 g/mol. The number of amides is 1. The maximum absolute atomic E-state index is 14.8. The quantitative estimate of drug-likeness (QED) is 0.476. The van der Waals surface area contributed by atoms with Crippen molar-refractivity contribution >= 4 is 21.8 Å². The Labute approximate surface area is 208 Å². The molecule has 184 valence electrons. The Morgan fingerprint density at radius 3 is 2.40 bits per heavy atom. The number of carbonyl (C=O) groups excluding carboxylic acids is 1. The molecule has 0 atom stereocenters. The number of pyridine rings is 1. The summed E-state index contributed by atoms with van der Waals surface area (Å²) in [5.41, 5.74) is 0.0599. The molecule has 6 nitrogen and oxygen atoms in total. The zero-order valence-electron chi connectivity index (χ0n) is 19.2. The summed E-state index contributed by atoms with van der Waals surface area (Å²) in [6.45, 7) is 3.97. The molecule has 0 aliphatic carbocycles. The van der Waals surface area contributed by atoms with Gasteiger partial charge in [0.2, 0.25) is 0 Å². The maximum atomic E-state index is 14.8. The van der Waals surface area contributed by atoms with Crippen LogP contribution in [0, 0.1) is 24.4 Å². The van der Waals surface area contributed by atoms with E-state index in [2.05, 4.69) is 20.8 Å². The average molecular weight is 550 g/mol. The molecule has 2 aromatic carbocycles. The van der Waals surface area contributed by atoms with Crippen molar-refractivity contribution < 1.29 is 22.7 Å². The molecule has 2 heterocycles. The number of aryl methyl sites for hydroxylation is 1. The number of likely N-dealkylation sites (N-methyl/N-ethyl adjacent to an activating group) is 1. The Morgan fingerprint density at radius 1 is 1.00 bits per heavy atom. The number of carbonyl (C=O) groups is 1. The molecule has 1 aliphatic rings. The van der Waals surface area contributed by atoms with Gasteiger partial charge in [0.1, 0.15) is 34.3 Å². The number of nitrogens with zero attached hydrogens (tertiary/aromatic N) is 3. The van der Waals surface area contributed by atoms with Crippen molar-refractivity contribution in [2.45, 2.75) is 13.5 Å². The summed E-state index contributed by atoms with van der Waals surface area (Å²) in [6, 6.07) is 8.55. The van der Waals surface area contributed by atoms with Gasteiger partial charge in [-0.15, -0.1) is 0 Å². The van der Waals surface area contributed by atoms with E-state index in [1.54, 1.807) is 11.8 Å². The highest BCUT2D eigenvalue weighted by molar-refractivity contribution is 9.10. The molecule has 0 saturated carbocycles. The molecule has 0 radical (unpaired) electrons. The summed E-state index contributed by atoms with van der Waals surface area (Å²) in [6.07, 6.45) is 0. The second-order valence-electron chi connectivity index (χ2n) is 8.39. The normalized spacial score (nSPS) is 14.3. The fourth-order valence-corrected chi connectivity index (χ4v) is 4.30. The topological polar surface area (TPSA) is 54.8 Å². The summed E-state index contributed by atoms with van der Waals surface area (Å²) in [7, 11) is 1.98. The second kappa shape index (κ2) is 10.2. The highest BCUT2D eigenvalue weighted by atomic mass is 79.9. The third kappa shape index (κ3) is 5.28. The van der Waals surface area contributed by atoms with Crippen LogP contribution in [0.1, 0.15) is 21.6 Å². The number of ether oxygens (including phenoxy) is 1. The minimum absolute atomic E-state index is 0.000757. The zero-order chi connectivity index (χ0) is 25.3. The lowest BCUT2D eigenvalue weighted by Gasteiger charge is -2.32. The minimum atomic E-state index is -0.768. The van der Waals surface area contributed by atoms with Crippen molar-refractivity contribution in [3.05, 3.63) is 91.6 Å². The van der Waals surface area contributed by atoms with Crippen LogP contribution in [0.15, 0.2) is 51.7 Å². The van der Waals surface area contributed by atoms with Crippen LogP contribution < -0.4 is 10.3 Å². The molecule has 4 rings (SSSR count). The largest absolute Gasteiger partial charge is 0.487 e. The number of hydrogen-bond acceptors (Lipinski definition) is 4. The molecule has 1 aliphatic heterocycles. The monoisotopic (exact) mass is 549 g/mol. The van der Waals surface area contributed by atoms with E-state index < -0.39 is 23.0 Å². The fourth-order valence-electron chi connectivity index (χ4n) is 3.89. The first kappa shape index (κ1) is 25.0. The van der Waals surface area contributed by atoms with Crippen LogP contribution in [-0.2, 0) is 6.61 Å². The van der Waals surface area contributed by atoms with E-state index in [4.69, 9.17) is 4.74 Å². The van der Waals surface area contributed by atoms with E-state index in [1.165, 1.54) is 30.3 Å². The van der Waals surface area contributed by atoms with E-state index >= 15 is 0 Å². The lowest BCUT2D eigenvalue weighted by atomic mass is 10.1. The first-order valence-corrected chi connectivity index (χ1v) is 11.7. The highest BCUT2D eigenvalue weighted by Gasteiger charge is 2.23. The summed E-state index contributed by atoms with van der Waals surface area (Å²) in [4.78, 5) is 29.9. The third-order valence-electron chi connectivity index (χ3n) is 5.92. The smallest absolute Gasteiger partial charge is 0.273 e. The van der Waals surface area contributed by atoms with Crippen molar-refractivity contribution in [1.82, 2.24) is 14.4 Å². The van der Waals surface area contributed by atoms with Crippen molar-refractivity contribution in [2.75, 3.05) is 33.2 Å². The van der Waals surface area contributed by atoms with Gasteiger partial charge in [-0.1, -0.05) is 0 Å². The maximum Gasteiger partial charge on any atom is 0.273 e. The summed E-state index contributed by atoms with van der Waals surface area (Å²) in [5, 5.41) is 0. The van der Waals surface area contributed by atoms with Crippen molar-refractivity contribution in [2.24, 2.45) is 0 Å². The Hall–Kier alpha value is -3.11. The van der Waals surface area contributed by atoms with E-state index in [0.29, 0.717) is 18.8 Å². The predicted molar refractivity (Wildman–Crippen MR) is 129 cm³/mol. The molecule has 0 unspecified atom stereocenters. The van der Waals surface area contributed by atoms with Gasteiger partial charge in [-0.25, -0.2) is 13.2 Å². The van der Waals surface area contributed by atoms with Crippen molar-refractivity contribution in [3.8, 4) is 11.4 Å². The number of piperazine rings is 1. The average Bonchev–Trinajstić information content (AvgIpc) is 2.82. The molecule has 0 N–H and O–H groups in total. The molecule has 1 aromatic heterocycles. The molecule has 1 fully saturated rings. The standard InChI is InChI=1S/C25H23BrF3N3O3/c1-15-11-22(35-14-17-3-5-18(27)13-20(17)29)23(26)25(34)32(15)21-12-16(4-6-19(21)28)24(33)31-9-7-30(2)8-10-31/h3-6,11-13H,7-10,14H2,1-2H3. The molecule has 1 saturated heterocycles. The van der Waals surface area contributed by atoms with Gasteiger partial charge in [0.05, 0.1) is 5.69 Å². The van der Waals surface area contributed by atoms with Gasteiger partial charge in [0, 0.05) is 55.1 Å². The number of aromatic nitrogens is 1. The second-order valence-corrected chi connectivity index (χ2v) is 9.18. The van der Waals surface area contributed by atoms with Crippen LogP contribution in [0.4, 0.5) is 13.2 Å². The number of benzene rings is 2. The van der Waals surface area contributed by atoms with Gasteiger partial charge in [-0.05, 0) is 60.2 Å². The summed E-state index contributed by atoms with van der Waals surface area (Å²) >= 11 is 3.19. The van der Waals surface area contributed by atoms with Crippen LogP contribution >= 0.6 is 15.9 Å². The van der Waals surface area contributed by atoms with Gasteiger partial charge in [0.25, 0.3) is 11.5 Å². The Morgan fingerprint density at radius 2 is 1.71 bits per heavy atom. The van der Waals surface area contributed by atoms with E-state index in [0.717, 1.165) is 29.8 Å². The third-order valence-corrected chi connectivity index (χ3v) is 6.65.